The maximum Gasteiger partial charge on any atom is 0.150 e. The van der Waals surface area contributed by atoms with Crippen LogP contribution in [0.1, 0.15) is 50.1 Å². The summed E-state index contributed by atoms with van der Waals surface area (Å²) in [6, 6.07) is 11.0. The Bertz CT molecular complexity index is 533. The molecule has 0 radical (unpaired) electrons. The molecular weight excluding hydrogens is 248 g/mol. The molecule has 0 amide bonds. The zero-order valence-corrected chi connectivity index (χ0v) is 12.8. The van der Waals surface area contributed by atoms with E-state index in [0.717, 1.165) is 24.5 Å². The Kier molecular flexibility index (Phi) is 4.90. The molecule has 20 heavy (non-hydrogen) atoms. The zero-order chi connectivity index (χ0) is 14.5. The highest BCUT2D eigenvalue weighted by Crippen LogP contribution is 2.26. The molecule has 2 atom stereocenters. The van der Waals surface area contributed by atoms with Gasteiger partial charge in [-0.3, -0.25) is 0 Å². The van der Waals surface area contributed by atoms with Gasteiger partial charge in [-0.2, -0.15) is 5.10 Å². The van der Waals surface area contributed by atoms with Crippen LogP contribution in [0.15, 0.2) is 30.3 Å². The molecule has 0 saturated heterocycles. The fourth-order valence-corrected chi connectivity index (χ4v) is 2.61. The molecule has 1 aromatic carbocycles. The molecule has 0 aliphatic heterocycles. The van der Waals surface area contributed by atoms with Crippen LogP contribution in [0.3, 0.4) is 0 Å². The van der Waals surface area contributed by atoms with E-state index in [4.69, 9.17) is 0 Å². The van der Waals surface area contributed by atoms with Gasteiger partial charge in [0.15, 0.2) is 5.82 Å². The van der Waals surface area contributed by atoms with Crippen molar-refractivity contribution < 1.29 is 0 Å². The van der Waals surface area contributed by atoms with Crippen LogP contribution in [0.4, 0.5) is 0 Å². The normalized spacial score (nSPS) is 14.2. The Hall–Kier alpha value is -1.68. The van der Waals surface area contributed by atoms with Crippen LogP contribution < -0.4 is 5.32 Å². The number of aryl methyl sites for hydroxylation is 2. The summed E-state index contributed by atoms with van der Waals surface area (Å²) in [5.41, 5.74) is 1.28. The summed E-state index contributed by atoms with van der Waals surface area (Å²) in [7, 11) is 2.00. The minimum absolute atomic E-state index is 0.227. The Morgan fingerprint density at radius 3 is 2.40 bits per heavy atom. The summed E-state index contributed by atoms with van der Waals surface area (Å²) in [5.74, 6) is 1.99. The highest BCUT2D eigenvalue weighted by molar-refractivity contribution is 5.20. The minimum atomic E-state index is 0.227. The van der Waals surface area contributed by atoms with Crippen LogP contribution in [0.25, 0.3) is 0 Å². The third-order valence-corrected chi connectivity index (χ3v) is 3.72. The Morgan fingerprint density at radius 2 is 1.85 bits per heavy atom. The average molecular weight is 272 g/mol. The highest BCUT2D eigenvalue weighted by Gasteiger charge is 2.22. The molecule has 4 heteroatoms. The van der Waals surface area contributed by atoms with Crippen molar-refractivity contribution >= 4 is 0 Å². The molecule has 0 saturated carbocycles. The second-order valence-electron chi connectivity index (χ2n) is 5.01. The summed E-state index contributed by atoms with van der Waals surface area (Å²) in [6.45, 7) is 6.42. The first-order chi connectivity index (χ1) is 9.71. The molecular formula is C16H24N4. The van der Waals surface area contributed by atoms with Gasteiger partial charge in [0.25, 0.3) is 0 Å². The predicted molar refractivity (Wildman–Crippen MR) is 81.7 cm³/mol. The van der Waals surface area contributed by atoms with Crippen LogP contribution in [0, 0.1) is 0 Å². The monoisotopic (exact) mass is 272 g/mol. The van der Waals surface area contributed by atoms with Crippen molar-refractivity contribution in [1.82, 2.24) is 20.1 Å². The van der Waals surface area contributed by atoms with Gasteiger partial charge in [0, 0.05) is 12.8 Å². The quantitative estimate of drug-likeness (QED) is 0.879. The van der Waals surface area contributed by atoms with E-state index in [1.165, 1.54) is 5.56 Å². The van der Waals surface area contributed by atoms with Gasteiger partial charge >= 0.3 is 0 Å². The van der Waals surface area contributed by atoms with E-state index in [-0.39, 0.29) is 12.1 Å². The summed E-state index contributed by atoms with van der Waals surface area (Å²) in [5, 5.41) is 8.07. The standard InChI is InChI=1S/C16H24N4/c1-5-14-18-15(6-2)20(19-14)12(3)16(17-4)13-10-8-7-9-11-13/h7-12,16-17H,5-6H2,1-4H3. The number of rotatable bonds is 6. The lowest BCUT2D eigenvalue weighted by Gasteiger charge is -2.25. The first-order valence-electron chi connectivity index (χ1n) is 7.37. The molecule has 1 aromatic heterocycles. The number of hydrogen-bond acceptors (Lipinski definition) is 3. The number of aromatic nitrogens is 3. The molecule has 0 spiro atoms. The third-order valence-electron chi connectivity index (χ3n) is 3.72. The molecule has 4 nitrogen and oxygen atoms in total. The van der Waals surface area contributed by atoms with Crippen molar-refractivity contribution in [2.75, 3.05) is 7.05 Å². The van der Waals surface area contributed by atoms with Crippen LogP contribution in [-0.2, 0) is 12.8 Å². The van der Waals surface area contributed by atoms with E-state index in [2.05, 4.69) is 65.1 Å². The van der Waals surface area contributed by atoms with Crippen LogP contribution >= 0.6 is 0 Å². The van der Waals surface area contributed by atoms with Crippen LogP contribution in [0.2, 0.25) is 0 Å². The summed E-state index contributed by atoms with van der Waals surface area (Å²) in [6.07, 6.45) is 1.78. The molecule has 0 fully saturated rings. The third kappa shape index (κ3) is 2.90. The fourth-order valence-electron chi connectivity index (χ4n) is 2.61. The molecule has 1 N–H and O–H groups in total. The van der Waals surface area contributed by atoms with Crippen molar-refractivity contribution in [3.63, 3.8) is 0 Å². The van der Waals surface area contributed by atoms with Crippen molar-refractivity contribution in [3.05, 3.63) is 47.5 Å². The number of nitrogens with one attached hydrogen (secondary N) is 1. The molecule has 2 rings (SSSR count). The lowest BCUT2D eigenvalue weighted by atomic mass is 10.0. The zero-order valence-electron chi connectivity index (χ0n) is 12.8. The first-order valence-corrected chi connectivity index (χ1v) is 7.37. The maximum absolute atomic E-state index is 4.66. The van der Waals surface area contributed by atoms with Crippen molar-refractivity contribution in [1.29, 1.82) is 0 Å². The SMILES string of the molecule is CCc1nc(CC)n(C(C)C(NC)c2ccccc2)n1. The molecule has 0 aliphatic rings. The van der Waals surface area contributed by atoms with Crippen molar-refractivity contribution in [3.8, 4) is 0 Å². The smallest absolute Gasteiger partial charge is 0.150 e. The Balaban J connectivity index is 2.33. The van der Waals surface area contributed by atoms with Gasteiger partial charge in [-0.05, 0) is 19.5 Å². The largest absolute Gasteiger partial charge is 0.311 e. The van der Waals surface area contributed by atoms with Gasteiger partial charge in [0.1, 0.15) is 5.82 Å². The lowest BCUT2D eigenvalue weighted by molar-refractivity contribution is 0.360. The van der Waals surface area contributed by atoms with Gasteiger partial charge in [0.05, 0.1) is 12.1 Å². The molecule has 2 unspecified atom stereocenters. The van der Waals surface area contributed by atoms with Crippen LogP contribution in [-0.4, -0.2) is 21.8 Å². The molecule has 108 valence electrons. The first kappa shape index (κ1) is 14.7. The molecule has 1 heterocycles. The van der Waals surface area contributed by atoms with Crippen molar-refractivity contribution in [2.45, 2.75) is 45.7 Å². The number of likely N-dealkylation sites (N-methyl/N-ethyl adjacent to an activating group) is 1. The predicted octanol–water partition coefficient (Wildman–Crippen LogP) is 2.92. The van der Waals surface area contributed by atoms with Gasteiger partial charge < -0.3 is 5.32 Å². The van der Waals surface area contributed by atoms with E-state index in [1.807, 2.05) is 13.1 Å². The second kappa shape index (κ2) is 6.66. The van der Waals surface area contributed by atoms with Gasteiger partial charge in [0.2, 0.25) is 0 Å². The molecule has 0 bridgehead atoms. The average Bonchev–Trinajstić information content (AvgIpc) is 2.92. The highest BCUT2D eigenvalue weighted by atomic mass is 15.4. The summed E-state index contributed by atoms with van der Waals surface area (Å²) < 4.78 is 2.08. The minimum Gasteiger partial charge on any atom is -0.311 e. The topological polar surface area (TPSA) is 42.7 Å². The Labute approximate surface area is 121 Å². The molecule has 0 aliphatic carbocycles. The van der Waals surface area contributed by atoms with E-state index >= 15 is 0 Å². The summed E-state index contributed by atoms with van der Waals surface area (Å²) in [4.78, 5) is 4.60. The van der Waals surface area contributed by atoms with Gasteiger partial charge in [-0.1, -0.05) is 44.2 Å². The summed E-state index contributed by atoms with van der Waals surface area (Å²) >= 11 is 0. The van der Waals surface area contributed by atoms with Crippen LogP contribution in [0.5, 0.6) is 0 Å². The second-order valence-corrected chi connectivity index (χ2v) is 5.01. The number of nitrogens with zero attached hydrogens (tertiary/aromatic N) is 3. The van der Waals surface area contributed by atoms with E-state index in [9.17, 15) is 0 Å². The number of hydrogen-bond donors (Lipinski definition) is 1. The van der Waals surface area contributed by atoms with Crippen molar-refractivity contribution in [2.24, 2.45) is 0 Å². The van der Waals surface area contributed by atoms with E-state index < -0.39 is 0 Å². The number of benzene rings is 1. The maximum atomic E-state index is 4.66. The fraction of sp³-hybridized carbons (Fsp3) is 0.500. The lowest BCUT2D eigenvalue weighted by Crippen LogP contribution is -2.27. The Morgan fingerprint density at radius 1 is 1.15 bits per heavy atom. The van der Waals surface area contributed by atoms with Gasteiger partial charge in [-0.15, -0.1) is 0 Å². The van der Waals surface area contributed by atoms with Gasteiger partial charge in [-0.25, -0.2) is 9.67 Å². The molecule has 2 aromatic rings. The van der Waals surface area contributed by atoms with E-state index in [1.54, 1.807) is 0 Å². The van der Waals surface area contributed by atoms with E-state index in [0.29, 0.717) is 0 Å².